The number of methoxy groups -OCH3 is 1. The van der Waals surface area contributed by atoms with Crippen molar-refractivity contribution in [1.82, 2.24) is 10.3 Å². The number of nitrogens with zero attached hydrogens (tertiary/aromatic N) is 1. The fourth-order valence-corrected chi connectivity index (χ4v) is 5.55. The fraction of sp³-hybridized carbons (Fsp3) is 0.538. The molecule has 1 aromatic carbocycles. The molecule has 1 atom stereocenters. The maximum absolute atomic E-state index is 12.9. The van der Waals surface area contributed by atoms with Gasteiger partial charge in [-0.05, 0) is 50.7 Å². The van der Waals surface area contributed by atoms with Gasteiger partial charge in [0.2, 0.25) is 5.91 Å². The predicted octanol–water partition coefficient (Wildman–Crippen LogP) is 5.26. The SMILES string of the molecule is COCc1cnc(C2(O)CCC(C(=N)C[C@@H](C)NC(=O)CCC(=O)c3cccc(C(F)(F)F)c3)CC2)s1. The number of Topliss-reactive ketones (excluding diaryl/α,β-unsaturated/α-hetero) is 1. The fourth-order valence-electron chi connectivity index (χ4n) is 4.52. The van der Waals surface area contributed by atoms with E-state index in [0.717, 1.165) is 17.0 Å². The van der Waals surface area contributed by atoms with Crippen LogP contribution >= 0.6 is 11.3 Å². The number of hydrogen-bond donors (Lipinski definition) is 3. The summed E-state index contributed by atoms with van der Waals surface area (Å²) < 4.78 is 43.7. The molecule has 1 amide bonds. The maximum Gasteiger partial charge on any atom is 0.416 e. The van der Waals surface area contributed by atoms with Crippen molar-refractivity contribution in [1.29, 1.82) is 5.41 Å². The van der Waals surface area contributed by atoms with E-state index in [1.54, 1.807) is 20.2 Å². The molecule has 37 heavy (non-hydrogen) atoms. The maximum atomic E-state index is 12.9. The topological polar surface area (TPSA) is 112 Å². The molecular formula is C26H32F3N3O4S. The first kappa shape index (κ1) is 28.9. The summed E-state index contributed by atoms with van der Waals surface area (Å²) in [4.78, 5) is 29.9. The number of halogens is 3. The van der Waals surface area contributed by atoms with Crippen LogP contribution in [0.4, 0.5) is 13.2 Å². The van der Waals surface area contributed by atoms with Gasteiger partial charge in [-0.15, -0.1) is 11.3 Å². The molecule has 7 nitrogen and oxygen atoms in total. The Morgan fingerprint density at radius 2 is 2.00 bits per heavy atom. The Morgan fingerprint density at radius 3 is 2.65 bits per heavy atom. The van der Waals surface area contributed by atoms with Crippen molar-refractivity contribution in [2.75, 3.05) is 7.11 Å². The second-order valence-corrected chi connectivity index (χ2v) is 10.7. The van der Waals surface area contributed by atoms with Crippen molar-refractivity contribution in [2.24, 2.45) is 5.92 Å². The first-order valence-electron chi connectivity index (χ1n) is 12.1. The lowest BCUT2D eigenvalue weighted by atomic mass is 9.76. The second kappa shape index (κ2) is 12.3. The number of carbonyl (C=O) groups excluding carboxylic acids is 2. The molecule has 0 bridgehead atoms. The first-order valence-corrected chi connectivity index (χ1v) is 13.0. The Kier molecular flexibility index (Phi) is 9.60. The van der Waals surface area contributed by atoms with E-state index in [2.05, 4.69) is 10.3 Å². The molecule has 1 heterocycles. The molecule has 0 radical (unpaired) electrons. The van der Waals surface area contributed by atoms with Crippen LogP contribution in [0.3, 0.4) is 0 Å². The molecule has 0 spiro atoms. The van der Waals surface area contributed by atoms with Gasteiger partial charge < -0.3 is 20.6 Å². The van der Waals surface area contributed by atoms with E-state index >= 15 is 0 Å². The Balaban J connectivity index is 1.42. The highest BCUT2D eigenvalue weighted by molar-refractivity contribution is 7.11. The van der Waals surface area contributed by atoms with Crippen LogP contribution in [0.15, 0.2) is 30.5 Å². The van der Waals surface area contributed by atoms with Crippen LogP contribution in [0.1, 0.15) is 77.7 Å². The lowest BCUT2D eigenvalue weighted by Crippen LogP contribution is -2.37. The third-order valence-electron chi connectivity index (χ3n) is 6.57. The van der Waals surface area contributed by atoms with Gasteiger partial charge in [-0.2, -0.15) is 13.2 Å². The Labute approximate surface area is 218 Å². The number of alkyl halides is 3. The van der Waals surface area contributed by atoms with Gasteiger partial charge in [0.05, 0.1) is 17.0 Å². The summed E-state index contributed by atoms with van der Waals surface area (Å²) in [6.07, 6.45) is -0.570. The zero-order valence-corrected chi connectivity index (χ0v) is 21.7. The molecule has 1 aliphatic carbocycles. The number of thiazole rings is 1. The largest absolute Gasteiger partial charge is 0.416 e. The van der Waals surface area contributed by atoms with Crippen molar-refractivity contribution in [3.05, 3.63) is 51.5 Å². The van der Waals surface area contributed by atoms with Gasteiger partial charge in [-0.3, -0.25) is 9.59 Å². The van der Waals surface area contributed by atoms with Gasteiger partial charge in [0.15, 0.2) is 5.78 Å². The van der Waals surface area contributed by atoms with Crippen molar-refractivity contribution in [3.8, 4) is 0 Å². The molecular weight excluding hydrogens is 507 g/mol. The summed E-state index contributed by atoms with van der Waals surface area (Å²) in [6.45, 7) is 2.22. The van der Waals surface area contributed by atoms with Crippen LogP contribution in [0.2, 0.25) is 0 Å². The number of hydrogen-bond acceptors (Lipinski definition) is 7. The van der Waals surface area contributed by atoms with Crippen molar-refractivity contribution < 1.29 is 32.6 Å². The third-order valence-corrected chi connectivity index (χ3v) is 7.73. The van der Waals surface area contributed by atoms with E-state index < -0.39 is 29.0 Å². The smallest absolute Gasteiger partial charge is 0.383 e. The summed E-state index contributed by atoms with van der Waals surface area (Å²) in [5.74, 6) is -0.930. The van der Waals surface area contributed by atoms with Gasteiger partial charge in [-0.25, -0.2) is 4.98 Å². The van der Waals surface area contributed by atoms with E-state index in [9.17, 15) is 27.9 Å². The van der Waals surface area contributed by atoms with Gasteiger partial charge >= 0.3 is 6.18 Å². The molecule has 0 aliphatic heterocycles. The van der Waals surface area contributed by atoms with Gasteiger partial charge in [0, 0.05) is 49.9 Å². The van der Waals surface area contributed by atoms with E-state index in [-0.39, 0.29) is 30.4 Å². The molecule has 202 valence electrons. The highest BCUT2D eigenvalue weighted by Crippen LogP contribution is 2.41. The van der Waals surface area contributed by atoms with Crippen molar-refractivity contribution >= 4 is 28.7 Å². The van der Waals surface area contributed by atoms with Crippen LogP contribution in [-0.4, -0.2) is 40.6 Å². The summed E-state index contributed by atoms with van der Waals surface area (Å²) >= 11 is 1.44. The van der Waals surface area contributed by atoms with Gasteiger partial charge in [0.1, 0.15) is 10.6 Å². The van der Waals surface area contributed by atoms with Gasteiger partial charge in [-0.1, -0.05) is 12.1 Å². The molecule has 1 aromatic heterocycles. The zero-order chi connectivity index (χ0) is 27.2. The lowest BCUT2D eigenvalue weighted by Gasteiger charge is -2.35. The van der Waals surface area contributed by atoms with Crippen LogP contribution in [0, 0.1) is 11.3 Å². The summed E-state index contributed by atoms with van der Waals surface area (Å²) in [5, 5.41) is 23.0. The Hall–Kier alpha value is -2.63. The van der Waals surface area contributed by atoms with Crippen LogP contribution in [-0.2, 0) is 27.9 Å². The number of aromatic nitrogens is 1. The Morgan fingerprint density at radius 1 is 1.30 bits per heavy atom. The summed E-state index contributed by atoms with van der Waals surface area (Å²) in [6, 6.07) is 3.83. The molecule has 2 aromatic rings. The van der Waals surface area contributed by atoms with E-state index in [4.69, 9.17) is 10.1 Å². The number of ketones is 1. The molecule has 3 N–H and O–H groups in total. The third kappa shape index (κ3) is 7.93. The highest BCUT2D eigenvalue weighted by atomic mass is 32.1. The van der Waals surface area contributed by atoms with Crippen molar-refractivity contribution in [2.45, 2.75) is 76.3 Å². The standard InChI is InChI=1S/C26H32F3N3O4S/c1-16(32-23(34)7-6-22(33)18-4-3-5-19(13-18)26(27,28)29)12-21(30)17-8-10-25(35,11-9-17)24-31-14-20(37-24)15-36-2/h3-5,13-14,16-17,30,35H,6-12,15H2,1-2H3,(H,32,34)/t16-,17?,25?/m1/s1. The number of ether oxygens (including phenoxy) is 1. The monoisotopic (exact) mass is 539 g/mol. The van der Waals surface area contributed by atoms with Gasteiger partial charge in [0.25, 0.3) is 0 Å². The number of benzene rings is 1. The molecule has 0 unspecified atom stereocenters. The Bertz CT molecular complexity index is 1110. The lowest BCUT2D eigenvalue weighted by molar-refractivity contribution is -0.137. The minimum absolute atomic E-state index is 0.000483. The quantitative estimate of drug-likeness (QED) is 0.266. The molecule has 11 heteroatoms. The zero-order valence-electron chi connectivity index (χ0n) is 20.9. The van der Waals surface area contributed by atoms with Crippen LogP contribution in [0.5, 0.6) is 0 Å². The summed E-state index contributed by atoms with van der Waals surface area (Å²) in [5.41, 5.74) is -1.49. The normalized spacial score (nSPS) is 20.9. The van der Waals surface area contributed by atoms with E-state index in [1.165, 1.54) is 23.5 Å². The van der Waals surface area contributed by atoms with Crippen LogP contribution in [0.25, 0.3) is 0 Å². The molecule has 0 saturated heterocycles. The average Bonchev–Trinajstić information content (AvgIpc) is 3.32. The molecule has 1 aliphatic rings. The average molecular weight is 540 g/mol. The van der Waals surface area contributed by atoms with E-state index in [0.29, 0.717) is 49.4 Å². The van der Waals surface area contributed by atoms with Crippen LogP contribution < -0.4 is 5.32 Å². The number of rotatable bonds is 11. The van der Waals surface area contributed by atoms with Crippen molar-refractivity contribution in [3.63, 3.8) is 0 Å². The summed E-state index contributed by atoms with van der Waals surface area (Å²) in [7, 11) is 1.61. The van der Waals surface area contributed by atoms with E-state index in [1.807, 2.05) is 0 Å². The number of nitrogens with one attached hydrogen (secondary N) is 2. The number of aliphatic hydroxyl groups is 1. The molecule has 1 fully saturated rings. The second-order valence-electron chi connectivity index (χ2n) is 9.57. The molecule has 3 rings (SSSR count). The predicted molar refractivity (Wildman–Crippen MR) is 134 cm³/mol. The number of amides is 1. The molecule has 1 saturated carbocycles. The minimum atomic E-state index is -4.54. The first-order chi connectivity index (χ1) is 17.4. The highest BCUT2D eigenvalue weighted by Gasteiger charge is 2.38. The number of carbonyl (C=O) groups is 2. The minimum Gasteiger partial charge on any atom is -0.383 e.